The van der Waals surface area contributed by atoms with E-state index in [0.29, 0.717) is 11.3 Å². The van der Waals surface area contributed by atoms with Gasteiger partial charge >= 0.3 is 5.97 Å². The number of benzene rings is 2. The van der Waals surface area contributed by atoms with E-state index in [0.717, 1.165) is 16.7 Å². The molecule has 0 saturated carbocycles. The summed E-state index contributed by atoms with van der Waals surface area (Å²) in [6, 6.07) is 12.2. The lowest BCUT2D eigenvalue weighted by Crippen LogP contribution is -2.22. The molecule has 2 aromatic carbocycles. The van der Waals surface area contributed by atoms with Crippen molar-refractivity contribution in [2.45, 2.75) is 20.3 Å². The standard InChI is InChI=1S/C20H22N2O4/c1-13-7-8-15(9-14(13)2)10-19(24)26-12-18(23)22-17-6-4-5-16(11-17)20(25)21-3/h4-9,11H,10,12H2,1-3H3,(H,21,25)(H,22,23). The maximum Gasteiger partial charge on any atom is 0.310 e. The number of esters is 1. The number of hydrogen-bond acceptors (Lipinski definition) is 4. The monoisotopic (exact) mass is 354 g/mol. The smallest absolute Gasteiger partial charge is 0.310 e. The first kappa shape index (κ1) is 19.2. The van der Waals surface area contributed by atoms with Crippen LogP contribution in [0, 0.1) is 13.8 Å². The molecular weight excluding hydrogens is 332 g/mol. The van der Waals surface area contributed by atoms with Gasteiger partial charge in [0.15, 0.2) is 6.61 Å². The molecule has 0 radical (unpaired) electrons. The van der Waals surface area contributed by atoms with Crippen LogP contribution >= 0.6 is 0 Å². The Bertz CT molecular complexity index is 830. The van der Waals surface area contributed by atoms with Crippen molar-refractivity contribution < 1.29 is 19.1 Å². The number of nitrogens with one attached hydrogen (secondary N) is 2. The number of rotatable bonds is 6. The van der Waals surface area contributed by atoms with Crippen LogP contribution in [0.1, 0.15) is 27.0 Å². The molecule has 0 atom stereocenters. The number of hydrogen-bond donors (Lipinski definition) is 2. The highest BCUT2D eigenvalue weighted by molar-refractivity contribution is 5.97. The van der Waals surface area contributed by atoms with E-state index in [9.17, 15) is 14.4 Å². The normalized spacial score (nSPS) is 10.1. The molecule has 2 rings (SSSR count). The molecule has 0 saturated heterocycles. The third-order valence-corrected chi connectivity index (χ3v) is 3.92. The molecular formula is C20H22N2O4. The summed E-state index contributed by atoms with van der Waals surface area (Å²) in [4.78, 5) is 35.4. The van der Waals surface area contributed by atoms with Crippen molar-refractivity contribution in [3.63, 3.8) is 0 Å². The van der Waals surface area contributed by atoms with Gasteiger partial charge in [-0.25, -0.2) is 0 Å². The van der Waals surface area contributed by atoms with E-state index in [1.165, 1.54) is 7.05 Å². The van der Waals surface area contributed by atoms with Crippen LogP contribution in [0.25, 0.3) is 0 Å². The molecule has 0 aliphatic rings. The second kappa shape index (κ2) is 8.80. The van der Waals surface area contributed by atoms with E-state index in [1.807, 2.05) is 32.0 Å². The number of carbonyl (C=O) groups excluding carboxylic acids is 3. The summed E-state index contributed by atoms with van der Waals surface area (Å²) in [6.45, 7) is 3.60. The van der Waals surface area contributed by atoms with Crippen LogP contribution in [0.4, 0.5) is 5.69 Å². The fraction of sp³-hybridized carbons (Fsp3) is 0.250. The fourth-order valence-electron chi connectivity index (χ4n) is 2.36. The average molecular weight is 354 g/mol. The van der Waals surface area contributed by atoms with E-state index in [4.69, 9.17) is 4.74 Å². The van der Waals surface area contributed by atoms with Gasteiger partial charge < -0.3 is 15.4 Å². The summed E-state index contributed by atoms with van der Waals surface area (Å²) in [5, 5.41) is 5.11. The largest absolute Gasteiger partial charge is 0.455 e. The molecule has 136 valence electrons. The highest BCUT2D eigenvalue weighted by Gasteiger charge is 2.10. The van der Waals surface area contributed by atoms with Crippen molar-refractivity contribution in [1.29, 1.82) is 0 Å². The van der Waals surface area contributed by atoms with Crippen LogP contribution in [0.2, 0.25) is 0 Å². The van der Waals surface area contributed by atoms with Gasteiger partial charge in [-0.05, 0) is 48.7 Å². The van der Waals surface area contributed by atoms with Crippen LogP contribution in [0.15, 0.2) is 42.5 Å². The molecule has 0 aliphatic heterocycles. The van der Waals surface area contributed by atoms with E-state index in [1.54, 1.807) is 24.3 Å². The molecule has 2 N–H and O–H groups in total. The molecule has 2 amide bonds. The summed E-state index contributed by atoms with van der Waals surface area (Å²) < 4.78 is 5.02. The fourth-order valence-corrected chi connectivity index (χ4v) is 2.36. The number of ether oxygens (including phenoxy) is 1. The van der Waals surface area contributed by atoms with Gasteiger partial charge in [0.25, 0.3) is 11.8 Å². The number of carbonyl (C=O) groups is 3. The zero-order valence-corrected chi connectivity index (χ0v) is 15.1. The SMILES string of the molecule is CNC(=O)c1cccc(NC(=O)COC(=O)Cc2ccc(C)c(C)c2)c1. The quantitative estimate of drug-likeness (QED) is 0.780. The Kier molecular flexibility index (Phi) is 6.49. The van der Waals surface area contributed by atoms with Gasteiger partial charge in [-0.2, -0.15) is 0 Å². The topological polar surface area (TPSA) is 84.5 Å². The molecule has 0 bridgehead atoms. The minimum Gasteiger partial charge on any atom is -0.455 e. The molecule has 0 aromatic heterocycles. The van der Waals surface area contributed by atoms with Gasteiger partial charge in [0.05, 0.1) is 6.42 Å². The number of anilines is 1. The van der Waals surface area contributed by atoms with Gasteiger partial charge in [-0.1, -0.05) is 24.3 Å². The molecule has 0 heterocycles. The van der Waals surface area contributed by atoms with Gasteiger partial charge in [0.2, 0.25) is 0 Å². The number of aryl methyl sites for hydroxylation is 2. The van der Waals surface area contributed by atoms with Gasteiger partial charge in [0.1, 0.15) is 0 Å². The van der Waals surface area contributed by atoms with Crippen molar-refractivity contribution in [2.75, 3.05) is 19.0 Å². The first-order valence-electron chi connectivity index (χ1n) is 8.23. The highest BCUT2D eigenvalue weighted by Crippen LogP contribution is 2.12. The summed E-state index contributed by atoms with van der Waals surface area (Å²) in [6.07, 6.45) is 0.112. The first-order chi connectivity index (χ1) is 12.4. The van der Waals surface area contributed by atoms with E-state index < -0.39 is 11.9 Å². The predicted octanol–water partition coefficient (Wildman–Crippen LogP) is 2.39. The van der Waals surface area contributed by atoms with Crippen LogP contribution in [-0.2, 0) is 20.7 Å². The molecule has 2 aromatic rings. The Balaban J connectivity index is 1.85. The van der Waals surface area contributed by atoms with Crippen LogP contribution in [0.5, 0.6) is 0 Å². The number of amides is 2. The van der Waals surface area contributed by atoms with Crippen molar-refractivity contribution in [3.05, 3.63) is 64.7 Å². The Morgan fingerprint density at radius 1 is 1.00 bits per heavy atom. The van der Waals surface area contributed by atoms with Crippen molar-refractivity contribution in [1.82, 2.24) is 5.32 Å². The van der Waals surface area contributed by atoms with E-state index in [2.05, 4.69) is 10.6 Å². The highest BCUT2D eigenvalue weighted by atomic mass is 16.5. The molecule has 0 unspecified atom stereocenters. The molecule has 0 aliphatic carbocycles. The third kappa shape index (κ3) is 5.44. The summed E-state index contributed by atoms with van der Waals surface area (Å²) in [5.74, 6) is -1.18. The second-order valence-corrected chi connectivity index (χ2v) is 5.96. The van der Waals surface area contributed by atoms with Crippen molar-refractivity contribution in [2.24, 2.45) is 0 Å². The molecule has 0 fully saturated rings. The van der Waals surface area contributed by atoms with E-state index in [-0.39, 0.29) is 18.9 Å². The maximum atomic E-state index is 11.9. The van der Waals surface area contributed by atoms with Gasteiger partial charge in [-0.3, -0.25) is 14.4 Å². The second-order valence-electron chi connectivity index (χ2n) is 5.96. The van der Waals surface area contributed by atoms with Crippen molar-refractivity contribution >= 4 is 23.5 Å². The van der Waals surface area contributed by atoms with Gasteiger partial charge in [0, 0.05) is 18.3 Å². The Morgan fingerprint density at radius 3 is 2.46 bits per heavy atom. The predicted molar refractivity (Wildman–Crippen MR) is 99.0 cm³/mol. The summed E-state index contributed by atoms with van der Waals surface area (Å²) in [5.41, 5.74) is 3.99. The summed E-state index contributed by atoms with van der Waals surface area (Å²) >= 11 is 0. The van der Waals surface area contributed by atoms with Crippen LogP contribution < -0.4 is 10.6 Å². The van der Waals surface area contributed by atoms with Crippen LogP contribution in [0.3, 0.4) is 0 Å². The molecule has 0 spiro atoms. The lowest BCUT2D eigenvalue weighted by molar-refractivity contribution is -0.146. The molecule has 6 heteroatoms. The lowest BCUT2D eigenvalue weighted by Gasteiger charge is -2.08. The molecule has 6 nitrogen and oxygen atoms in total. The molecule has 26 heavy (non-hydrogen) atoms. The minimum absolute atomic E-state index is 0.112. The zero-order valence-electron chi connectivity index (χ0n) is 15.1. The Labute approximate surface area is 152 Å². The lowest BCUT2D eigenvalue weighted by atomic mass is 10.0. The zero-order chi connectivity index (χ0) is 19.1. The van der Waals surface area contributed by atoms with Gasteiger partial charge in [-0.15, -0.1) is 0 Å². The van der Waals surface area contributed by atoms with E-state index >= 15 is 0 Å². The maximum absolute atomic E-state index is 11.9. The average Bonchev–Trinajstić information content (AvgIpc) is 2.62. The first-order valence-corrected chi connectivity index (χ1v) is 8.23. The third-order valence-electron chi connectivity index (χ3n) is 3.92. The Hall–Kier alpha value is -3.15. The summed E-state index contributed by atoms with van der Waals surface area (Å²) in [7, 11) is 1.53. The van der Waals surface area contributed by atoms with Crippen LogP contribution in [-0.4, -0.2) is 31.4 Å². The van der Waals surface area contributed by atoms with Crippen molar-refractivity contribution in [3.8, 4) is 0 Å². The minimum atomic E-state index is -0.470. The Morgan fingerprint density at radius 2 is 1.77 bits per heavy atom.